The predicted molar refractivity (Wildman–Crippen MR) is 245 cm³/mol. The molecule has 3 aromatic heterocycles. The van der Waals surface area contributed by atoms with E-state index in [0.29, 0.717) is 0 Å². The minimum absolute atomic E-state index is 0.757. The summed E-state index contributed by atoms with van der Waals surface area (Å²) in [5.41, 5.74) is 23.6. The smallest absolute Gasteiger partial charge is 0.0544 e. The number of fused-ring (bicyclic) bond motifs is 9. The van der Waals surface area contributed by atoms with Crippen molar-refractivity contribution in [3.05, 3.63) is 200 Å². The highest BCUT2D eigenvalue weighted by molar-refractivity contribution is 6.15. The fourth-order valence-electron chi connectivity index (χ4n) is 9.32. The number of para-hydroxylation sites is 5. The van der Waals surface area contributed by atoms with Crippen LogP contribution in [0.2, 0.25) is 0 Å². The molecular weight excluding hydrogens is 705 g/mol. The van der Waals surface area contributed by atoms with Gasteiger partial charge in [-0.1, -0.05) is 115 Å². The van der Waals surface area contributed by atoms with Gasteiger partial charge in [-0.25, -0.2) is 0 Å². The van der Waals surface area contributed by atoms with Gasteiger partial charge in [0.05, 0.1) is 27.6 Å². The third-order valence-electron chi connectivity index (χ3n) is 12.0. The summed E-state index contributed by atoms with van der Waals surface area (Å²) in [5, 5.41) is 7.32. The van der Waals surface area contributed by atoms with Crippen LogP contribution in [-0.2, 0) is 0 Å². The molecule has 0 fully saturated rings. The Bertz CT molecular complexity index is 3570. The van der Waals surface area contributed by atoms with Crippen LogP contribution in [0.1, 0.15) is 0 Å². The first-order valence-corrected chi connectivity index (χ1v) is 19.8. The zero-order valence-electron chi connectivity index (χ0n) is 31.5. The molecule has 9 aromatic carbocycles. The van der Waals surface area contributed by atoms with E-state index in [1.54, 1.807) is 0 Å². The van der Waals surface area contributed by atoms with Crippen molar-refractivity contribution in [1.82, 2.24) is 14.1 Å². The second kappa shape index (κ2) is 12.6. The van der Waals surface area contributed by atoms with Crippen LogP contribution in [0.4, 0.5) is 5.69 Å². The number of rotatable bonds is 5. The van der Waals surface area contributed by atoms with Crippen LogP contribution in [0, 0.1) is 0 Å². The van der Waals surface area contributed by atoms with Crippen molar-refractivity contribution in [3.63, 3.8) is 0 Å². The first-order valence-electron chi connectivity index (χ1n) is 19.8. The third-order valence-corrected chi connectivity index (χ3v) is 12.0. The number of aromatic nitrogens is 3. The van der Waals surface area contributed by atoms with Crippen LogP contribution in [0.3, 0.4) is 0 Å². The van der Waals surface area contributed by atoms with Crippen LogP contribution >= 0.6 is 0 Å². The van der Waals surface area contributed by atoms with E-state index < -0.39 is 0 Å². The van der Waals surface area contributed by atoms with Crippen LogP contribution in [0.25, 0.3) is 110 Å². The summed E-state index contributed by atoms with van der Waals surface area (Å²) < 4.78 is 4.73. The van der Waals surface area contributed by atoms with Gasteiger partial charge in [-0.15, -0.1) is 0 Å². The van der Waals surface area contributed by atoms with Gasteiger partial charge in [-0.05, 0) is 107 Å². The van der Waals surface area contributed by atoms with Crippen molar-refractivity contribution in [3.8, 4) is 44.8 Å². The first kappa shape index (κ1) is 32.4. The number of nitrogens with zero attached hydrogens (tertiary/aromatic N) is 2. The molecule has 3 heterocycles. The number of nitrogens with one attached hydrogen (secondary N) is 1. The predicted octanol–water partition coefficient (Wildman–Crippen LogP) is 14.1. The molecule has 0 saturated heterocycles. The maximum absolute atomic E-state index is 6.81. The van der Waals surface area contributed by atoms with E-state index in [0.717, 1.165) is 50.3 Å². The van der Waals surface area contributed by atoms with E-state index in [4.69, 9.17) is 5.73 Å². The Morgan fingerprint density at radius 3 is 1.50 bits per heavy atom. The minimum atomic E-state index is 0.757. The SMILES string of the molecule is Nc1ccc(-c2ccc3c(c2)c2cc(-c4cccc5c4[nH]c4ccccc45)ccc2n3-c2ccccc2)cc1-c1ccc2c(c1)c1ccccc1n2-c1ccccc1. The van der Waals surface area contributed by atoms with E-state index in [2.05, 4.69) is 214 Å². The Morgan fingerprint density at radius 1 is 0.328 bits per heavy atom. The summed E-state index contributed by atoms with van der Waals surface area (Å²) in [6, 6.07) is 72.1. The van der Waals surface area contributed by atoms with E-state index in [1.807, 2.05) is 0 Å². The van der Waals surface area contributed by atoms with E-state index >= 15 is 0 Å². The number of hydrogen-bond donors (Lipinski definition) is 2. The molecule has 12 rings (SSSR count). The molecule has 0 radical (unpaired) electrons. The first-order chi connectivity index (χ1) is 28.7. The molecule has 0 amide bonds. The maximum atomic E-state index is 6.81. The van der Waals surface area contributed by atoms with Crippen LogP contribution < -0.4 is 5.73 Å². The maximum Gasteiger partial charge on any atom is 0.0544 e. The van der Waals surface area contributed by atoms with Gasteiger partial charge in [-0.2, -0.15) is 0 Å². The largest absolute Gasteiger partial charge is 0.398 e. The Balaban J connectivity index is 1.03. The van der Waals surface area contributed by atoms with Gasteiger partial charge in [0.15, 0.2) is 0 Å². The Morgan fingerprint density at radius 2 is 0.810 bits per heavy atom. The van der Waals surface area contributed by atoms with Gasteiger partial charge in [0.25, 0.3) is 0 Å². The number of anilines is 1. The van der Waals surface area contributed by atoms with Crippen molar-refractivity contribution < 1.29 is 0 Å². The molecule has 0 saturated carbocycles. The molecule has 4 nitrogen and oxygen atoms in total. The van der Waals surface area contributed by atoms with Crippen LogP contribution in [-0.4, -0.2) is 14.1 Å². The van der Waals surface area contributed by atoms with Crippen LogP contribution in [0.15, 0.2) is 200 Å². The zero-order chi connectivity index (χ0) is 38.3. The lowest BCUT2D eigenvalue weighted by Gasteiger charge is -2.12. The highest BCUT2D eigenvalue weighted by Crippen LogP contribution is 2.41. The molecule has 0 unspecified atom stereocenters. The number of nitrogen functional groups attached to an aromatic ring is 1. The van der Waals surface area contributed by atoms with E-state index in [1.165, 1.54) is 65.5 Å². The molecule has 58 heavy (non-hydrogen) atoms. The number of H-pyrrole nitrogens is 1. The lowest BCUT2D eigenvalue weighted by molar-refractivity contribution is 1.18. The third kappa shape index (κ3) is 4.88. The highest BCUT2D eigenvalue weighted by Gasteiger charge is 2.18. The van der Waals surface area contributed by atoms with Gasteiger partial charge < -0.3 is 19.9 Å². The molecular formula is C54H36N4. The van der Waals surface area contributed by atoms with Gasteiger partial charge in [0.2, 0.25) is 0 Å². The summed E-state index contributed by atoms with van der Waals surface area (Å²) in [6.45, 7) is 0. The normalized spacial score (nSPS) is 11.9. The molecule has 12 aromatic rings. The average Bonchev–Trinajstić information content (AvgIpc) is 3.94. The fraction of sp³-hybridized carbons (Fsp3) is 0. The Kier molecular flexibility index (Phi) is 7.05. The number of benzene rings is 9. The second-order valence-electron chi connectivity index (χ2n) is 15.3. The lowest BCUT2D eigenvalue weighted by Crippen LogP contribution is -1.94. The molecule has 0 spiro atoms. The minimum Gasteiger partial charge on any atom is -0.398 e. The molecule has 0 aliphatic heterocycles. The van der Waals surface area contributed by atoms with Gasteiger partial charge in [0, 0.05) is 66.0 Å². The standard InChI is InChI=1S/C54H36N4/c55-48-26-22-34(30-44(48)37-25-29-51-45(33-37)42-17-8-10-21-50(42)57(51)38-12-3-1-4-13-38)35-23-27-52-46(31-35)47-32-36(24-28-53(47)58(52)39-14-5-2-6-15-39)40-18-11-19-43-41-16-7-9-20-49(41)56-54(40)43/h1-33,56H,55H2. The quantitative estimate of drug-likeness (QED) is 0.170. The summed E-state index contributed by atoms with van der Waals surface area (Å²) in [6.07, 6.45) is 0. The fourth-order valence-corrected chi connectivity index (χ4v) is 9.32. The summed E-state index contributed by atoms with van der Waals surface area (Å²) in [4.78, 5) is 3.73. The number of hydrogen-bond acceptors (Lipinski definition) is 1. The average molecular weight is 741 g/mol. The Hall–Kier alpha value is -7.82. The van der Waals surface area contributed by atoms with Crippen molar-refractivity contribution >= 4 is 71.1 Å². The molecule has 0 aliphatic rings. The van der Waals surface area contributed by atoms with Crippen molar-refractivity contribution in [2.24, 2.45) is 0 Å². The molecule has 3 N–H and O–H groups in total. The molecule has 0 atom stereocenters. The van der Waals surface area contributed by atoms with Gasteiger partial charge >= 0.3 is 0 Å². The lowest BCUT2D eigenvalue weighted by atomic mass is 9.95. The number of aromatic amines is 1. The van der Waals surface area contributed by atoms with E-state index in [9.17, 15) is 0 Å². The monoisotopic (exact) mass is 740 g/mol. The van der Waals surface area contributed by atoms with Crippen molar-refractivity contribution in [1.29, 1.82) is 0 Å². The van der Waals surface area contributed by atoms with Crippen molar-refractivity contribution in [2.45, 2.75) is 0 Å². The molecule has 4 heteroatoms. The van der Waals surface area contributed by atoms with Gasteiger partial charge in [-0.3, -0.25) is 0 Å². The second-order valence-corrected chi connectivity index (χ2v) is 15.3. The van der Waals surface area contributed by atoms with Crippen LogP contribution in [0.5, 0.6) is 0 Å². The summed E-state index contributed by atoms with van der Waals surface area (Å²) in [7, 11) is 0. The van der Waals surface area contributed by atoms with Crippen molar-refractivity contribution in [2.75, 3.05) is 5.73 Å². The highest BCUT2D eigenvalue weighted by atomic mass is 15.0. The Labute approximate surface area is 334 Å². The zero-order valence-corrected chi connectivity index (χ0v) is 31.5. The molecule has 0 aliphatic carbocycles. The molecule has 272 valence electrons. The topological polar surface area (TPSA) is 51.7 Å². The number of nitrogens with two attached hydrogens (primary N) is 1. The molecule has 0 bridgehead atoms. The van der Waals surface area contributed by atoms with Gasteiger partial charge in [0.1, 0.15) is 0 Å². The summed E-state index contributed by atoms with van der Waals surface area (Å²) in [5.74, 6) is 0. The van der Waals surface area contributed by atoms with E-state index in [-0.39, 0.29) is 0 Å². The summed E-state index contributed by atoms with van der Waals surface area (Å²) >= 11 is 0.